The minimum absolute atomic E-state index is 0.125. The van der Waals surface area contributed by atoms with E-state index in [4.69, 9.17) is 9.47 Å². The number of pyridine rings is 1. The number of benzene rings is 1. The summed E-state index contributed by atoms with van der Waals surface area (Å²) < 4.78 is 12.4. The Morgan fingerprint density at radius 1 is 1.32 bits per heavy atom. The van der Waals surface area contributed by atoms with Crippen molar-refractivity contribution in [2.45, 2.75) is 19.5 Å². The van der Waals surface area contributed by atoms with Gasteiger partial charge in [-0.2, -0.15) is 0 Å². The van der Waals surface area contributed by atoms with Crippen LogP contribution in [0.5, 0.6) is 0 Å². The number of hydrogen-bond acceptors (Lipinski definition) is 7. The molecular weight excluding hydrogens is 360 g/mol. The molecule has 1 N–H and O–H groups in total. The number of ether oxygens (including phenoxy) is 2. The quantitative estimate of drug-likeness (QED) is 0.674. The van der Waals surface area contributed by atoms with Crippen molar-refractivity contribution >= 4 is 10.9 Å². The molecule has 1 saturated heterocycles. The van der Waals surface area contributed by atoms with Crippen molar-refractivity contribution in [3.63, 3.8) is 0 Å². The fourth-order valence-electron chi connectivity index (χ4n) is 3.68. The van der Waals surface area contributed by atoms with Gasteiger partial charge in [0.2, 0.25) is 0 Å². The number of nitrogens with zero attached hydrogens (tertiary/aromatic N) is 5. The van der Waals surface area contributed by atoms with E-state index in [0.717, 1.165) is 16.5 Å². The van der Waals surface area contributed by atoms with Crippen molar-refractivity contribution in [2.75, 3.05) is 40.0 Å². The first-order valence-electron chi connectivity index (χ1n) is 9.38. The molecule has 0 bridgehead atoms. The highest BCUT2D eigenvalue weighted by molar-refractivity contribution is 5.82. The van der Waals surface area contributed by atoms with Crippen LogP contribution in [-0.4, -0.2) is 70.1 Å². The number of tetrazole rings is 1. The first-order chi connectivity index (χ1) is 13.7. The molecule has 0 radical (unpaired) electrons. The number of methoxy groups -OCH3 is 1. The van der Waals surface area contributed by atoms with Crippen molar-refractivity contribution < 1.29 is 9.47 Å². The molecule has 1 aliphatic rings. The van der Waals surface area contributed by atoms with E-state index < -0.39 is 0 Å². The number of aromatic nitrogens is 5. The van der Waals surface area contributed by atoms with Crippen LogP contribution in [0, 0.1) is 6.92 Å². The number of rotatable bonds is 6. The van der Waals surface area contributed by atoms with Gasteiger partial charge in [-0.05, 0) is 34.4 Å². The van der Waals surface area contributed by atoms with Gasteiger partial charge in [0.15, 0.2) is 5.82 Å². The lowest BCUT2D eigenvalue weighted by Gasteiger charge is -2.33. The number of nitrogens with one attached hydrogen (secondary N) is 1. The second-order valence-electron chi connectivity index (χ2n) is 6.90. The molecular formula is C19H24N6O3. The molecule has 28 heavy (non-hydrogen) atoms. The summed E-state index contributed by atoms with van der Waals surface area (Å²) in [6.07, 6.45) is 0. The number of H-pyrrole nitrogens is 1. The van der Waals surface area contributed by atoms with Gasteiger partial charge in [0.25, 0.3) is 5.56 Å². The van der Waals surface area contributed by atoms with Crippen LogP contribution in [0.4, 0.5) is 0 Å². The average Bonchev–Trinajstić information content (AvgIpc) is 3.17. The van der Waals surface area contributed by atoms with E-state index in [9.17, 15) is 4.79 Å². The summed E-state index contributed by atoms with van der Waals surface area (Å²) in [6.45, 7) is 5.62. The number of aryl methyl sites for hydroxylation is 1. The van der Waals surface area contributed by atoms with Crippen molar-refractivity contribution in [3.8, 4) is 0 Å². The third-order valence-electron chi connectivity index (χ3n) is 5.13. The highest BCUT2D eigenvalue weighted by Crippen LogP contribution is 2.27. The Balaban J connectivity index is 1.84. The van der Waals surface area contributed by atoms with Gasteiger partial charge in [0.1, 0.15) is 6.04 Å². The lowest BCUT2D eigenvalue weighted by atomic mass is 10.0. The van der Waals surface area contributed by atoms with E-state index in [-0.39, 0.29) is 11.6 Å². The summed E-state index contributed by atoms with van der Waals surface area (Å²) in [5, 5.41) is 13.2. The number of aromatic amines is 1. The van der Waals surface area contributed by atoms with E-state index in [1.165, 1.54) is 0 Å². The molecule has 9 heteroatoms. The van der Waals surface area contributed by atoms with Crippen LogP contribution in [-0.2, 0) is 16.0 Å². The maximum absolute atomic E-state index is 13.1. The summed E-state index contributed by atoms with van der Waals surface area (Å²) in [5.41, 5.74) is 2.40. The Labute approximate surface area is 162 Å². The molecule has 2 aromatic heterocycles. The van der Waals surface area contributed by atoms with Crippen LogP contribution in [0.25, 0.3) is 10.9 Å². The van der Waals surface area contributed by atoms with E-state index >= 15 is 0 Å². The summed E-state index contributed by atoms with van der Waals surface area (Å²) in [7, 11) is 1.64. The Bertz CT molecular complexity index is 1010. The second kappa shape index (κ2) is 8.17. The van der Waals surface area contributed by atoms with Gasteiger partial charge in [-0.1, -0.05) is 18.2 Å². The molecule has 0 saturated carbocycles. The third kappa shape index (κ3) is 3.56. The van der Waals surface area contributed by atoms with Crippen LogP contribution in [0.1, 0.15) is 23.0 Å². The molecule has 1 aliphatic heterocycles. The molecule has 3 aromatic rings. The molecule has 1 atom stereocenters. The van der Waals surface area contributed by atoms with Crippen LogP contribution in [0.2, 0.25) is 0 Å². The zero-order valence-corrected chi connectivity index (χ0v) is 16.1. The maximum atomic E-state index is 13.1. The van der Waals surface area contributed by atoms with E-state index in [2.05, 4.69) is 25.4 Å². The monoisotopic (exact) mass is 384 g/mol. The van der Waals surface area contributed by atoms with Gasteiger partial charge < -0.3 is 14.5 Å². The first kappa shape index (κ1) is 18.7. The second-order valence-corrected chi connectivity index (χ2v) is 6.90. The van der Waals surface area contributed by atoms with Crippen molar-refractivity contribution in [1.29, 1.82) is 0 Å². The fourth-order valence-corrected chi connectivity index (χ4v) is 3.68. The summed E-state index contributed by atoms with van der Waals surface area (Å²) in [6, 6.07) is 7.58. The van der Waals surface area contributed by atoms with Crippen molar-refractivity contribution in [2.24, 2.45) is 0 Å². The van der Waals surface area contributed by atoms with Crippen LogP contribution in [0.3, 0.4) is 0 Å². The number of fused-ring (bicyclic) bond motifs is 1. The molecule has 0 amide bonds. The largest absolute Gasteiger partial charge is 0.383 e. The summed E-state index contributed by atoms with van der Waals surface area (Å²) in [4.78, 5) is 18.3. The topological polar surface area (TPSA) is 98.2 Å². The third-order valence-corrected chi connectivity index (χ3v) is 5.13. The lowest BCUT2D eigenvalue weighted by Crippen LogP contribution is -2.42. The minimum Gasteiger partial charge on any atom is -0.383 e. The number of para-hydroxylation sites is 1. The molecule has 9 nitrogen and oxygen atoms in total. The van der Waals surface area contributed by atoms with Crippen molar-refractivity contribution in [1.82, 2.24) is 30.1 Å². The van der Waals surface area contributed by atoms with Gasteiger partial charge in [-0.15, -0.1) is 5.10 Å². The summed E-state index contributed by atoms with van der Waals surface area (Å²) >= 11 is 0. The predicted molar refractivity (Wildman–Crippen MR) is 103 cm³/mol. The van der Waals surface area contributed by atoms with E-state index in [0.29, 0.717) is 50.8 Å². The molecule has 1 fully saturated rings. The Kier molecular flexibility index (Phi) is 5.47. The zero-order valence-electron chi connectivity index (χ0n) is 16.1. The zero-order chi connectivity index (χ0) is 19.5. The molecule has 0 spiro atoms. The maximum Gasteiger partial charge on any atom is 0.253 e. The number of morpholine rings is 1. The highest BCUT2D eigenvalue weighted by Gasteiger charge is 2.31. The smallest absolute Gasteiger partial charge is 0.253 e. The Morgan fingerprint density at radius 2 is 2.14 bits per heavy atom. The molecule has 0 aliphatic carbocycles. The SMILES string of the molecule is COCCn1nnnc1C(c1cc2cccc(C)c2[nH]c1=O)N1CCOCC1. The Hall–Kier alpha value is -2.62. The van der Waals surface area contributed by atoms with Gasteiger partial charge in [-0.3, -0.25) is 9.69 Å². The van der Waals surface area contributed by atoms with Crippen molar-refractivity contribution in [3.05, 3.63) is 51.6 Å². The van der Waals surface area contributed by atoms with Gasteiger partial charge >= 0.3 is 0 Å². The normalized spacial score (nSPS) is 16.5. The number of hydrogen-bond donors (Lipinski definition) is 1. The average molecular weight is 384 g/mol. The van der Waals surface area contributed by atoms with Crippen LogP contribution >= 0.6 is 0 Å². The lowest BCUT2D eigenvalue weighted by molar-refractivity contribution is 0.0211. The van der Waals surface area contributed by atoms with Crippen LogP contribution in [0.15, 0.2) is 29.1 Å². The van der Waals surface area contributed by atoms with E-state index in [1.807, 2.05) is 31.2 Å². The molecule has 148 valence electrons. The minimum atomic E-state index is -0.357. The highest BCUT2D eigenvalue weighted by atomic mass is 16.5. The van der Waals surface area contributed by atoms with Crippen LogP contribution < -0.4 is 5.56 Å². The standard InChI is InChI=1S/C19H24N6O3/c1-13-4-3-5-14-12-15(19(26)20-16(13)14)17(24-6-10-28-11-7-24)18-21-22-23-25(18)8-9-27-2/h3-5,12,17H,6-11H2,1-2H3,(H,20,26). The molecule has 1 unspecified atom stereocenters. The van der Waals surface area contributed by atoms with Gasteiger partial charge in [-0.25, -0.2) is 4.68 Å². The first-order valence-corrected chi connectivity index (χ1v) is 9.38. The molecule has 3 heterocycles. The van der Waals surface area contributed by atoms with E-state index in [1.54, 1.807) is 11.8 Å². The van der Waals surface area contributed by atoms with Gasteiger partial charge in [0, 0.05) is 25.8 Å². The predicted octanol–water partition coefficient (Wildman–Crippen LogP) is 0.891. The Morgan fingerprint density at radius 3 is 2.93 bits per heavy atom. The van der Waals surface area contributed by atoms with Gasteiger partial charge in [0.05, 0.1) is 31.9 Å². The molecule has 4 rings (SSSR count). The molecule has 1 aromatic carbocycles. The fraction of sp³-hybridized carbons (Fsp3) is 0.474. The summed E-state index contributed by atoms with van der Waals surface area (Å²) in [5.74, 6) is 0.636.